The summed E-state index contributed by atoms with van der Waals surface area (Å²) in [5, 5.41) is 2.17. The molecule has 0 heterocycles. The van der Waals surface area contributed by atoms with Gasteiger partial charge in [0.2, 0.25) is 0 Å². The van der Waals surface area contributed by atoms with Crippen molar-refractivity contribution in [2.45, 2.75) is 0 Å². The van der Waals surface area contributed by atoms with Gasteiger partial charge >= 0.3 is 0 Å². The summed E-state index contributed by atoms with van der Waals surface area (Å²) in [6, 6.07) is 5.84. The van der Waals surface area contributed by atoms with Crippen LogP contribution in [-0.4, -0.2) is 5.91 Å². The van der Waals surface area contributed by atoms with Crippen molar-refractivity contribution < 1.29 is 18.0 Å². The van der Waals surface area contributed by atoms with Crippen LogP contribution >= 0.6 is 0 Å². The van der Waals surface area contributed by atoms with Gasteiger partial charge in [0.25, 0.3) is 5.91 Å². The molecule has 0 atom stereocenters. The van der Waals surface area contributed by atoms with E-state index in [-0.39, 0.29) is 16.9 Å². The first-order chi connectivity index (χ1) is 8.97. The fourth-order valence-corrected chi connectivity index (χ4v) is 1.52. The number of halogens is 3. The standard InChI is InChI=1S/C13H9F3N2O/c14-7-1-3-9(11(17)5-7)13(19)18-12-6-8(15)2-4-10(12)16/h1-6H,17H2,(H,18,19). The third-order valence-electron chi connectivity index (χ3n) is 2.43. The van der Waals surface area contributed by atoms with Gasteiger partial charge in [0.05, 0.1) is 11.3 Å². The number of nitrogen functional groups attached to an aromatic ring is 1. The zero-order chi connectivity index (χ0) is 14.0. The molecule has 0 unspecified atom stereocenters. The normalized spacial score (nSPS) is 10.3. The van der Waals surface area contributed by atoms with Crippen molar-refractivity contribution in [1.82, 2.24) is 0 Å². The lowest BCUT2D eigenvalue weighted by Crippen LogP contribution is -2.15. The van der Waals surface area contributed by atoms with Crippen LogP contribution in [0.1, 0.15) is 10.4 Å². The van der Waals surface area contributed by atoms with Crippen molar-refractivity contribution >= 4 is 17.3 Å². The highest BCUT2D eigenvalue weighted by molar-refractivity contribution is 6.07. The average molecular weight is 266 g/mol. The van der Waals surface area contributed by atoms with Gasteiger partial charge in [0.1, 0.15) is 17.5 Å². The first kappa shape index (κ1) is 12.9. The molecule has 3 N–H and O–H groups in total. The number of amides is 1. The lowest BCUT2D eigenvalue weighted by Gasteiger charge is -2.08. The molecule has 0 bridgehead atoms. The molecule has 0 saturated heterocycles. The van der Waals surface area contributed by atoms with Crippen molar-refractivity contribution in [2.24, 2.45) is 0 Å². The summed E-state index contributed by atoms with van der Waals surface area (Å²) in [6.45, 7) is 0. The number of hydrogen-bond donors (Lipinski definition) is 2. The minimum absolute atomic E-state index is 0.0231. The number of rotatable bonds is 2. The highest BCUT2D eigenvalue weighted by atomic mass is 19.1. The Kier molecular flexibility index (Phi) is 3.41. The highest BCUT2D eigenvalue weighted by Crippen LogP contribution is 2.19. The molecule has 0 spiro atoms. The van der Waals surface area contributed by atoms with Crippen LogP contribution in [0.5, 0.6) is 0 Å². The van der Waals surface area contributed by atoms with E-state index in [0.717, 1.165) is 36.4 Å². The second-order valence-corrected chi connectivity index (χ2v) is 3.81. The number of carbonyl (C=O) groups is 1. The second kappa shape index (κ2) is 5.01. The molecule has 0 aliphatic rings. The molecule has 0 aliphatic heterocycles. The van der Waals surface area contributed by atoms with Gasteiger partial charge in [-0.2, -0.15) is 0 Å². The molecular formula is C13H9F3N2O. The van der Waals surface area contributed by atoms with Gasteiger partial charge in [0, 0.05) is 11.8 Å². The maximum Gasteiger partial charge on any atom is 0.257 e. The number of hydrogen-bond acceptors (Lipinski definition) is 2. The van der Waals surface area contributed by atoms with Crippen molar-refractivity contribution in [3.8, 4) is 0 Å². The Labute approximate surface area is 106 Å². The van der Waals surface area contributed by atoms with Gasteiger partial charge < -0.3 is 11.1 Å². The van der Waals surface area contributed by atoms with Crippen LogP contribution in [0, 0.1) is 17.5 Å². The van der Waals surface area contributed by atoms with Gasteiger partial charge in [-0.3, -0.25) is 4.79 Å². The zero-order valence-electron chi connectivity index (χ0n) is 9.58. The molecule has 0 saturated carbocycles. The molecule has 98 valence electrons. The maximum atomic E-state index is 13.3. The molecule has 0 fully saturated rings. The van der Waals surface area contributed by atoms with Crippen LogP contribution in [-0.2, 0) is 0 Å². The van der Waals surface area contributed by atoms with Crippen molar-refractivity contribution in [2.75, 3.05) is 11.1 Å². The summed E-state index contributed by atoms with van der Waals surface area (Å²) in [5.41, 5.74) is 5.05. The predicted molar refractivity (Wildman–Crippen MR) is 65.1 cm³/mol. The zero-order valence-corrected chi connectivity index (χ0v) is 9.58. The molecule has 0 aliphatic carbocycles. The third kappa shape index (κ3) is 2.85. The van der Waals surface area contributed by atoms with Gasteiger partial charge in [-0.15, -0.1) is 0 Å². The van der Waals surface area contributed by atoms with Crippen molar-refractivity contribution in [3.63, 3.8) is 0 Å². The van der Waals surface area contributed by atoms with Gasteiger partial charge in [0.15, 0.2) is 0 Å². The summed E-state index contributed by atoms with van der Waals surface area (Å²) in [5.74, 6) is -2.81. The fourth-order valence-electron chi connectivity index (χ4n) is 1.52. The van der Waals surface area contributed by atoms with Crippen LogP contribution in [0.3, 0.4) is 0 Å². The van der Waals surface area contributed by atoms with E-state index in [1.54, 1.807) is 0 Å². The Balaban J connectivity index is 2.28. The number of anilines is 2. The van der Waals surface area contributed by atoms with Crippen LogP contribution in [0.4, 0.5) is 24.5 Å². The van der Waals surface area contributed by atoms with E-state index in [0.29, 0.717) is 0 Å². The Morgan fingerprint density at radius 1 is 1.00 bits per heavy atom. The summed E-state index contributed by atoms with van der Waals surface area (Å²) < 4.78 is 39.1. The van der Waals surface area contributed by atoms with E-state index < -0.39 is 23.4 Å². The van der Waals surface area contributed by atoms with E-state index in [1.807, 2.05) is 0 Å². The summed E-state index contributed by atoms with van der Waals surface area (Å²) in [4.78, 5) is 11.8. The van der Waals surface area contributed by atoms with Crippen LogP contribution < -0.4 is 11.1 Å². The van der Waals surface area contributed by atoms with E-state index >= 15 is 0 Å². The molecule has 1 amide bonds. The van der Waals surface area contributed by atoms with E-state index in [2.05, 4.69) is 5.32 Å². The van der Waals surface area contributed by atoms with E-state index in [9.17, 15) is 18.0 Å². The molecule has 2 aromatic rings. The predicted octanol–water partition coefficient (Wildman–Crippen LogP) is 2.94. The quantitative estimate of drug-likeness (QED) is 0.821. The Hall–Kier alpha value is -2.50. The number of benzene rings is 2. The Bertz CT molecular complexity index is 644. The largest absolute Gasteiger partial charge is 0.398 e. The fraction of sp³-hybridized carbons (Fsp3) is 0. The SMILES string of the molecule is Nc1cc(F)ccc1C(=O)Nc1cc(F)ccc1F. The lowest BCUT2D eigenvalue weighted by atomic mass is 10.1. The monoisotopic (exact) mass is 266 g/mol. The Morgan fingerprint density at radius 2 is 1.63 bits per heavy atom. The molecular weight excluding hydrogens is 257 g/mol. The topological polar surface area (TPSA) is 55.1 Å². The maximum absolute atomic E-state index is 13.3. The first-order valence-electron chi connectivity index (χ1n) is 5.29. The molecule has 3 nitrogen and oxygen atoms in total. The second-order valence-electron chi connectivity index (χ2n) is 3.81. The lowest BCUT2D eigenvalue weighted by molar-refractivity contribution is 0.102. The summed E-state index contributed by atoms with van der Waals surface area (Å²) >= 11 is 0. The molecule has 19 heavy (non-hydrogen) atoms. The molecule has 2 rings (SSSR count). The van der Waals surface area contributed by atoms with Crippen LogP contribution in [0.2, 0.25) is 0 Å². The highest BCUT2D eigenvalue weighted by Gasteiger charge is 2.13. The average Bonchev–Trinajstić information content (AvgIpc) is 2.33. The van der Waals surface area contributed by atoms with Gasteiger partial charge in [-0.05, 0) is 30.3 Å². The van der Waals surface area contributed by atoms with Gasteiger partial charge in [-0.1, -0.05) is 0 Å². The smallest absolute Gasteiger partial charge is 0.257 e. The summed E-state index contributed by atoms with van der Waals surface area (Å²) in [7, 11) is 0. The van der Waals surface area contributed by atoms with Crippen molar-refractivity contribution in [3.05, 3.63) is 59.4 Å². The first-order valence-corrected chi connectivity index (χ1v) is 5.29. The molecule has 0 aromatic heterocycles. The Morgan fingerprint density at radius 3 is 2.32 bits per heavy atom. The van der Waals surface area contributed by atoms with E-state index in [1.165, 1.54) is 0 Å². The van der Waals surface area contributed by atoms with Gasteiger partial charge in [-0.25, -0.2) is 13.2 Å². The number of nitrogens with one attached hydrogen (secondary N) is 1. The number of nitrogens with two attached hydrogens (primary N) is 1. The van der Waals surface area contributed by atoms with E-state index in [4.69, 9.17) is 5.73 Å². The minimum atomic E-state index is -0.782. The van der Waals surface area contributed by atoms with Crippen LogP contribution in [0.25, 0.3) is 0 Å². The molecule has 0 radical (unpaired) electrons. The number of carbonyl (C=O) groups excluding carboxylic acids is 1. The minimum Gasteiger partial charge on any atom is -0.398 e. The third-order valence-corrected chi connectivity index (χ3v) is 2.43. The van der Waals surface area contributed by atoms with Crippen LogP contribution in [0.15, 0.2) is 36.4 Å². The molecule has 6 heteroatoms. The summed E-state index contributed by atoms with van der Waals surface area (Å²) in [6.07, 6.45) is 0. The molecule has 2 aromatic carbocycles. The van der Waals surface area contributed by atoms with Crippen molar-refractivity contribution in [1.29, 1.82) is 0 Å².